The van der Waals surface area contributed by atoms with E-state index in [1.165, 1.54) is 0 Å². The Morgan fingerprint density at radius 2 is 2.06 bits per heavy atom. The molecular formula is C12H17BN2O. The van der Waals surface area contributed by atoms with E-state index >= 15 is 0 Å². The summed E-state index contributed by atoms with van der Waals surface area (Å²) in [5.41, 5.74) is 2.69. The van der Waals surface area contributed by atoms with Gasteiger partial charge in [0.15, 0.2) is 0 Å². The number of hydrogen-bond donors (Lipinski definition) is 0. The summed E-state index contributed by atoms with van der Waals surface area (Å²) in [5, 5.41) is 0. The van der Waals surface area contributed by atoms with Gasteiger partial charge in [0.2, 0.25) is 7.98 Å². The van der Waals surface area contributed by atoms with Crippen LogP contribution in [-0.4, -0.2) is 30.2 Å². The van der Waals surface area contributed by atoms with Crippen LogP contribution in [0.5, 0.6) is 0 Å². The van der Waals surface area contributed by atoms with Crippen molar-refractivity contribution in [2.75, 3.05) is 6.54 Å². The second kappa shape index (κ2) is 3.61. The predicted molar refractivity (Wildman–Crippen MR) is 66.2 cm³/mol. The van der Waals surface area contributed by atoms with Crippen LogP contribution in [0.1, 0.15) is 42.5 Å². The number of fused-ring (bicyclic) bond motifs is 1. The van der Waals surface area contributed by atoms with E-state index in [0.717, 1.165) is 24.2 Å². The van der Waals surface area contributed by atoms with E-state index in [2.05, 4.69) is 25.8 Å². The van der Waals surface area contributed by atoms with Crippen molar-refractivity contribution in [2.45, 2.75) is 32.6 Å². The Bertz CT molecular complexity index is 437. The third kappa shape index (κ3) is 1.84. The van der Waals surface area contributed by atoms with E-state index in [4.69, 9.17) is 0 Å². The van der Waals surface area contributed by atoms with Gasteiger partial charge >= 0.3 is 0 Å². The van der Waals surface area contributed by atoms with Crippen LogP contribution >= 0.6 is 0 Å². The van der Waals surface area contributed by atoms with Gasteiger partial charge in [0.25, 0.3) is 5.91 Å². The maximum absolute atomic E-state index is 12.0. The maximum atomic E-state index is 12.0. The standard InChI is InChI=1S/C12H17BN2O/c1-12(2,3)9-5-4-8-6-7-15(13)11(16)10(8)14-9/h4-5H,6-7,13H2,1-3H3. The normalized spacial score (nSPS) is 16.2. The van der Waals surface area contributed by atoms with Crippen molar-refractivity contribution >= 4 is 13.9 Å². The van der Waals surface area contributed by atoms with E-state index in [-0.39, 0.29) is 11.3 Å². The molecule has 4 heteroatoms. The van der Waals surface area contributed by atoms with E-state index < -0.39 is 0 Å². The number of amides is 1. The highest BCUT2D eigenvalue weighted by Crippen LogP contribution is 2.23. The largest absolute Gasteiger partial charge is 0.388 e. The second-order valence-corrected chi connectivity index (χ2v) is 5.43. The molecule has 3 nitrogen and oxygen atoms in total. The summed E-state index contributed by atoms with van der Waals surface area (Å²) in [5.74, 6) is 0.0485. The summed E-state index contributed by atoms with van der Waals surface area (Å²) < 4.78 is 0. The Morgan fingerprint density at radius 3 is 2.69 bits per heavy atom. The molecule has 0 radical (unpaired) electrons. The summed E-state index contributed by atoms with van der Waals surface area (Å²) in [6.45, 7) is 7.12. The van der Waals surface area contributed by atoms with Crippen LogP contribution in [0.25, 0.3) is 0 Å². The van der Waals surface area contributed by atoms with Crippen molar-refractivity contribution in [1.29, 1.82) is 0 Å². The van der Waals surface area contributed by atoms with Crippen molar-refractivity contribution in [3.8, 4) is 0 Å². The molecule has 2 heterocycles. The molecule has 0 spiro atoms. The highest BCUT2D eigenvalue weighted by atomic mass is 16.2. The van der Waals surface area contributed by atoms with Crippen LogP contribution in [0.15, 0.2) is 12.1 Å². The van der Waals surface area contributed by atoms with Gasteiger partial charge in [-0.15, -0.1) is 0 Å². The second-order valence-electron chi connectivity index (χ2n) is 5.43. The lowest BCUT2D eigenvalue weighted by molar-refractivity contribution is 0.0844. The fraction of sp³-hybridized carbons (Fsp3) is 0.500. The van der Waals surface area contributed by atoms with E-state index in [9.17, 15) is 4.79 Å². The van der Waals surface area contributed by atoms with E-state index in [0.29, 0.717) is 5.69 Å². The first-order chi connectivity index (χ1) is 7.39. The SMILES string of the molecule is BN1CCc2ccc(C(C)(C)C)nc2C1=O. The van der Waals surface area contributed by atoms with Crippen LogP contribution in [0, 0.1) is 0 Å². The van der Waals surface area contributed by atoms with Crippen LogP contribution in [0.4, 0.5) is 0 Å². The minimum Gasteiger partial charge on any atom is -0.388 e. The minimum atomic E-state index is -0.00860. The third-order valence-electron chi connectivity index (χ3n) is 3.01. The summed E-state index contributed by atoms with van der Waals surface area (Å²) >= 11 is 0. The summed E-state index contributed by atoms with van der Waals surface area (Å²) in [6.07, 6.45) is 0.912. The van der Waals surface area contributed by atoms with Crippen molar-refractivity contribution in [3.05, 3.63) is 29.1 Å². The Balaban J connectivity index is 2.49. The minimum absolute atomic E-state index is 0.00860. The van der Waals surface area contributed by atoms with Crippen LogP contribution < -0.4 is 0 Å². The zero-order valence-electron chi connectivity index (χ0n) is 10.4. The molecule has 0 fully saturated rings. The molecule has 0 atom stereocenters. The maximum Gasteiger partial charge on any atom is 0.260 e. The first-order valence-electron chi connectivity index (χ1n) is 5.65. The summed E-state index contributed by atoms with van der Waals surface area (Å²) in [4.78, 5) is 18.2. The van der Waals surface area contributed by atoms with Crippen molar-refractivity contribution in [3.63, 3.8) is 0 Å². The number of nitrogens with zero attached hydrogens (tertiary/aromatic N) is 2. The molecule has 0 saturated carbocycles. The molecule has 1 aliphatic rings. The number of hydrogen-bond acceptors (Lipinski definition) is 2. The molecule has 2 rings (SSSR count). The monoisotopic (exact) mass is 216 g/mol. The molecule has 1 aromatic heterocycles. The molecule has 0 aliphatic carbocycles. The Morgan fingerprint density at radius 1 is 1.38 bits per heavy atom. The van der Waals surface area contributed by atoms with Crippen LogP contribution in [-0.2, 0) is 11.8 Å². The summed E-state index contributed by atoms with van der Waals surface area (Å²) in [7, 11) is 1.83. The predicted octanol–water partition coefficient (Wildman–Crippen LogP) is 0.925. The molecule has 0 aromatic carbocycles. The molecule has 0 bridgehead atoms. The number of carbonyl (C=O) groups excluding carboxylic acids is 1. The van der Waals surface area contributed by atoms with E-state index in [1.807, 2.05) is 20.1 Å². The van der Waals surface area contributed by atoms with Crippen molar-refractivity contribution in [1.82, 2.24) is 9.79 Å². The molecule has 1 amide bonds. The van der Waals surface area contributed by atoms with Gasteiger partial charge in [0.1, 0.15) is 5.69 Å². The zero-order valence-corrected chi connectivity index (χ0v) is 10.4. The zero-order chi connectivity index (χ0) is 11.9. The number of pyridine rings is 1. The van der Waals surface area contributed by atoms with Gasteiger partial charge in [-0.1, -0.05) is 26.8 Å². The number of carbonyl (C=O) groups is 1. The highest BCUT2D eigenvalue weighted by Gasteiger charge is 2.25. The molecule has 84 valence electrons. The van der Waals surface area contributed by atoms with Crippen molar-refractivity contribution < 1.29 is 4.79 Å². The summed E-state index contributed by atoms with van der Waals surface area (Å²) in [6, 6.07) is 4.09. The molecular weight excluding hydrogens is 199 g/mol. The van der Waals surface area contributed by atoms with Gasteiger partial charge in [0, 0.05) is 17.7 Å². The average molecular weight is 216 g/mol. The fourth-order valence-electron chi connectivity index (χ4n) is 1.86. The van der Waals surface area contributed by atoms with Gasteiger partial charge in [-0.05, 0) is 18.1 Å². The smallest absolute Gasteiger partial charge is 0.260 e. The molecule has 1 aromatic rings. The van der Waals surface area contributed by atoms with Crippen molar-refractivity contribution in [2.24, 2.45) is 0 Å². The first-order valence-corrected chi connectivity index (χ1v) is 5.65. The lowest BCUT2D eigenvalue weighted by atomic mass is 9.90. The molecule has 0 N–H and O–H groups in total. The Kier molecular flexibility index (Phi) is 2.52. The molecule has 0 unspecified atom stereocenters. The highest BCUT2D eigenvalue weighted by molar-refractivity contribution is 6.18. The van der Waals surface area contributed by atoms with Gasteiger partial charge in [0.05, 0.1) is 0 Å². The fourth-order valence-corrected chi connectivity index (χ4v) is 1.86. The first kappa shape index (κ1) is 11.2. The lowest BCUT2D eigenvalue weighted by Crippen LogP contribution is -2.36. The van der Waals surface area contributed by atoms with Gasteiger partial charge in [-0.25, -0.2) is 4.98 Å². The van der Waals surface area contributed by atoms with Crippen LogP contribution in [0.3, 0.4) is 0 Å². The molecule has 1 aliphatic heterocycles. The average Bonchev–Trinajstić information content (AvgIpc) is 2.22. The Hall–Kier alpha value is -1.32. The van der Waals surface area contributed by atoms with Gasteiger partial charge in [-0.2, -0.15) is 0 Å². The van der Waals surface area contributed by atoms with E-state index in [1.54, 1.807) is 4.81 Å². The lowest BCUT2D eigenvalue weighted by Gasteiger charge is -2.26. The Labute approximate surface area is 97.3 Å². The molecule has 16 heavy (non-hydrogen) atoms. The van der Waals surface area contributed by atoms with Gasteiger partial charge in [-0.3, -0.25) is 4.79 Å². The molecule has 0 saturated heterocycles. The number of aromatic nitrogens is 1. The number of rotatable bonds is 0. The van der Waals surface area contributed by atoms with Gasteiger partial charge < -0.3 is 4.81 Å². The quantitative estimate of drug-likeness (QED) is 0.604. The van der Waals surface area contributed by atoms with Crippen LogP contribution in [0.2, 0.25) is 0 Å². The topological polar surface area (TPSA) is 33.2 Å². The third-order valence-corrected chi connectivity index (χ3v) is 3.01.